The number of piperidine rings is 1. The Balaban J connectivity index is 1.64. The van der Waals surface area contributed by atoms with Crippen LogP contribution in [0.4, 0.5) is 0 Å². The first-order chi connectivity index (χ1) is 8.34. The van der Waals surface area contributed by atoms with Gasteiger partial charge in [0.15, 0.2) is 0 Å². The molecule has 0 bridgehead atoms. The van der Waals surface area contributed by atoms with E-state index in [1.54, 1.807) is 0 Å². The lowest BCUT2D eigenvalue weighted by Crippen LogP contribution is -2.53. The maximum atomic E-state index is 3.72. The Hall–Kier alpha value is -0.120. The van der Waals surface area contributed by atoms with Gasteiger partial charge in [0.05, 0.1) is 0 Å². The van der Waals surface area contributed by atoms with Crippen LogP contribution in [0.15, 0.2) is 0 Å². The molecule has 3 aliphatic heterocycles. The lowest BCUT2D eigenvalue weighted by Gasteiger charge is -2.40. The topological polar surface area (TPSA) is 18.5 Å². The second-order valence-electron chi connectivity index (χ2n) is 6.21. The molecule has 3 heteroatoms. The van der Waals surface area contributed by atoms with Crippen molar-refractivity contribution >= 4 is 0 Å². The first-order valence-corrected chi connectivity index (χ1v) is 7.52. The van der Waals surface area contributed by atoms with E-state index in [1.165, 1.54) is 64.7 Å². The van der Waals surface area contributed by atoms with Crippen molar-refractivity contribution in [2.24, 2.45) is 0 Å². The van der Waals surface area contributed by atoms with Crippen LogP contribution in [0.25, 0.3) is 0 Å². The summed E-state index contributed by atoms with van der Waals surface area (Å²) in [7, 11) is 2.28. The van der Waals surface area contributed by atoms with Gasteiger partial charge in [-0.05, 0) is 65.2 Å². The zero-order valence-electron chi connectivity index (χ0n) is 11.2. The van der Waals surface area contributed by atoms with Crippen molar-refractivity contribution in [1.29, 1.82) is 0 Å². The fraction of sp³-hybridized carbons (Fsp3) is 1.00. The van der Waals surface area contributed by atoms with Crippen molar-refractivity contribution in [1.82, 2.24) is 15.1 Å². The van der Waals surface area contributed by atoms with Gasteiger partial charge in [-0.1, -0.05) is 0 Å². The number of hydrogen-bond acceptors (Lipinski definition) is 3. The van der Waals surface area contributed by atoms with Gasteiger partial charge in [0, 0.05) is 24.7 Å². The fourth-order valence-corrected chi connectivity index (χ4v) is 4.15. The van der Waals surface area contributed by atoms with Crippen LogP contribution in [-0.2, 0) is 0 Å². The van der Waals surface area contributed by atoms with E-state index in [4.69, 9.17) is 0 Å². The summed E-state index contributed by atoms with van der Waals surface area (Å²) in [6.45, 7) is 5.20. The number of hydrogen-bond donors (Lipinski definition) is 1. The summed E-state index contributed by atoms with van der Waals surface area (Å²) >= 11 is 0. The Bertz CT molecular complexity index is 250. The maximum absolute atomic E-state index is 3.72. The van der Waals surface area contributed by atoms with Gasteiger partial charge in [-0.25, -0.2) is 0 Å². The van der Waals surface area contributed by atoms with Crippen LogP contribution in [0.3, 0.4) is 0 Å². The van der Waals surface area contributed by atoms with Gasteiger partial charge in [-0.15, -0.1) is 0 Å². The molecule has 3 fully saturated rings. The molecule has 3 rings (SSSR count). The lowest BCUT2D eigenvalue weighted by molar-refractivity contribution is 0.0887. The zero-order chi connectivity index (χ0) is 11.7. The molecular formula is C14H27N3. The van der Waals surface area contributed by atoms with E-state index in [9.17, 15) is 0 Å². The molecule has 3 saturated heterocycles. The second kappa shape index (κ2) is 5.25. The Morgan fingerprint density at radius 1 is 1.00 bits per heavy atom. The minimum Gasteiger partial charge on any atom is -0.312 e. The van der Waals surface area contributed by atoms with Crippen LogP contribution >= 0.6 is 0 Å². The van der Waals surface area contributed by atoms with Crippen LogP contribution in [0.5, 0.6) is 0 Å². The Morgan fingerprint density at radius 2 is 1.88 bits per heavy atom. The molecule has 0 aromatic rings. The standard InChI is InChI=1S/C14H27N3/c1-16-9-3-5-12(11-16)17-10-4-7-14(17)13-6-2-8-15-13/h12-15H,2-11H2,1H3. The highest BCUT2D eigenvalue weighted by Gasteiger charge is 2.37. The summed E-state index contributed by atoms with van der Waals surface area (Å²) in [4.78, 5) is 5.37. The van der Waals surface area contributed by atoms with Crippen molar-refractivity contribution in [3.05, 3.63) is 0 Å². The number of nitrogens with one attached hydrogen (secondary N) is 1. The van der Waals surface area contributed by atoms with Crippen molar-refractivity contribution in [3.63, 3.8) is 0 Å². The molecular weight excluding hydrogens is 210 g/mol. The van der Waals surface area contributed by atoms with Gasteiger partial charge in [0.25, 0.3) is 0 Å². The lowest BCUT2D eigenvalue weighted by atomic mass is 9.99. The van der Waals surface area contributed by atoms with Gasteiger partial charge in [0.2, 0.25) is 0 Å². The van der Waals surface area contributed by atoms with Crippen LogP contribution < -0.4 is 5.32 Å². The quantitative estimate of drug-likeness (QED) is 0.781. The van der Waals surface area contributed by atoms with E-state index < -0.39 is 0 Å². The highest BCUT2D eigenvalue weighted by Crippen LogP contribution is 2.29. The fourth-order valence-electron chi connectivity index (χ4n) is 4.15. The highest BCUT2D eigenvalue weighted by atomic mass is 15.3. The van der Waals surface area contributed by atoms with Gasteiger partial charge in [-0.2, -0.15) is 0 Å². The second-order valence-corrected chi connectivity index (χ2v) is 6.21. The SMILES string of the molecule is CN1CCCC(N2CCCC2C2CCCN2)C1. The van der Waals surface area contributed by atoms with Crippen LogP contribution in [-0.4, -0.2) is 61.2 Å². The van der Waals surface area contributed by atoms with E-state index >= 15 is 0 Å². The molecule has 0 spiro atoms. The van der Waals surface area contributed by atoms with Crippen molar-refractivity contribution in [2.75, 3.05) is 33.2 Å². The molecule has 3 aliphatic rings. The number of nitrogens with zero attached hydrogens (tertiary/aromatic N) is 2. The molecule has 0 aromatic heterocycles. The first-order valence-electron chi connectivity index (χ1n) is 7.52. The predicted molar refractivity (Wildman–Crippen MR) is 71.3 cm³/mol. The highest BCUT2D eigenvalue weighted by molar-refractivity contribution is 4.95. The van der Waals surface area contributed by atoms with Crippen LogP contribution in [0.2, 0.25) is 0 Å². The van der Waals surface area contributed by atoms with Crippen molar-refractivity contribution in [2.45, 2.75) is 56.7 Å². The van der Waals surface area contributed by atoms with Gasteiger partial charge in [-0.3, -0.25) is 4.90 Å². The summed E-state index contributed by atoms with van der Waals surface area (Å²) < 4.78 is 0. The summed E-state index contributed by atoms with van der Waals surface area (Å²) in [6.07, 6.45) is 8.46. The molecule has 1 N–H and O–H groups in total. The molecule has 0 amide bonds. The van der Waals surface area contributed by atoms with Gasteiger partial charge in [0.1, 0.15) is 0 Å². The Labute approximate surface area is 106 Å². The molecule has 3 nitrogen and oxygen atoms in total. The van der Waals surface area contributed by atoms with E-state index in [0.29, 0.717) is 0 Å². The molecule has 0 radical (unpaired) electrons. The first kappa shape index (κ1) is 11.9. The molecule has 3 unspecified atom stereocenters. The molecule has 3 heterocycles. The molecule has 98 valence electrons. The molecule has 0 saturated carbocycles. The minimum absolute atomic E-state index is 0.796. The maximum Gasteiger partial charge on any atom is 0.0253 e. The third-order valence-electron chi connectivity index (χ3n) is 4.97. The van der Waals surface area contributed by atoms with E-state index in [1.807, 2.05) is 0 Å². The van der Waals surface area contributed by atoms with Crippen LogP contribution in [0, 0.1) is 0 Å². The summed E-state index contributed by atoms with van der Waals surface area (Å²) in [5.41, 5.74) is 0. The Kier molecular flexibility index (Phi) is 3.69. The summed E-state index contributed by atoms with van der Waals surface area (Å²) in [5, 5.41) is 3.72. The number of likely N-dealkylation sites (N-methyl/N-ethyl adjacent to an activating group) is 1. The third kappa shape index (κ3) is 2.51. The third-order valence-corrected chi connectivity index (χ3v) is 4.97. The monoisotopic (exact) mass is 237 g/mol. The smallest absolute Gasteiger partial charge is 0.0253 e. The van der Waals surface area contributed by atoms with Gasteiger partial charge < -0.3 is 10.2 Å². The van der Waals surface area contributed by atoms with E-state index in [0.717, 1.165) is 18.1 Å². The normalized spacial score (nSPS) is 41.1. The zero-order valence-corrected chi connectivity index (χ0v) is 11.2. The van der Waals surface area contributed by atoms with Crippen LogP contribution in [0.1, 0.15) is 38.5 Å². The van der Waals surface area contributed by atoms with E-state index in [-0.39, 0.29) is 0 Å². The van der Waals surface area contributed by atoms with E-state index in [2.05, 4.69) is 22.2 Å². The molecule has 3 atom stereocenters. The average molecular weight is 237 g/mol. The molecule has 0 aliphatic carbocycles. The van der Waals surface area contributed by atoms with Gasteiger partial charge >= 0.3 is 0 Å². The van der Waals surface area contributed by atoms with Crippen molar-refractivity contribution in [3.8, 4) is 0 Å². The predicted octanol–water partition coefficient (Wildman–Crippen LogP) is 1.30. The largest absolute Gasteiger partial charge is 0.312 e. The summed E-state index contributed by atoms with van der Waals surface area (Å²) in [5.74, 6) is 0. The number of rotatable bonds is 2. The molecule has 0 aromatic carbocycles. The average Bonchev–Trinajstić information content (AvgIpc) is 3.00. The minimum atomic E-state index is 0.796. The summed E-state index contributed by atoms with van der Waals surface area (Å²) in [6, 6.07) is 2.47. The number of likely N-dealkylation sites (tertiary alicyclic amines) is 2. The van der Waals surface area contributed by atoms with Crippen molar-refractivity contribution < 1.29 is 0 Å². The molecule has 17 heavy (non-hydrogen) atoms. The Morgan fingerprint density at radius 3 is 2.65 bits per heavy atom.